The summed E-state index contributed by atoms with van der Waals surface area (Å²) < 4.78 is 32.6. The molecule has 1 aromatic carbocycles. The maximum atomic E-state index is 13.2. The maximum Gasteiger partial charge on any atom is 0.339 e. The summed E-state index contributed by atoms with van der Waals surface area (Å²) in [6.45, 7) is 5.63. The minimum Gasteiger partial charge on any atom is -0.465 e. The van der Waals surface area contributed by atoms with E-state index < -0.39 is 16.0 Å². The predicted octanol–water partition coefficient (Wildman–Crippen LogP) is 1.97. The first-order valence-corrected chi connectivity index (χ1v) is 9.27. The molecule has 0 spiro atoms. The molecule has 0 amide bonds. The second kappa shape index (κ2) is 8.80. The molecule has 0 radical (unpaired) electrons. The van der Waals surface area contributed by atoms with E-state index in [4.69, 9.17) is 4.74 Å². The summed E-state index contributed by atoms with van der Waals surface area (Å²) in [6, 6.07) is 4.69. The van der Waals surface area contributed by atoms with Crippen LogP contribution in [0.2, 0.25) is 0 Å². The van der Waals surface area contributed by atoms with Crippen molar-refractivity contribution in [3.05, 3.63) is 29.3 Å². The molecular weight excluding hydrogens is 352 g/mol. The molecule has 0 aromatic heterocycles. The van der Waals surface area contributed by atoms with Crippen LogP contribution in [0.25, 0.3) is 0 Å². The number of benzene rings is 1. The van der Waals surface area contributed by atoms with Gasteiger partial charge in [-0.15, -0.1) is 12.4 Å². The molecule has 8 heteroatoms. The quantitative estimate of drug-likeness (QED) is 0.768. The number of nitrogens with zero attached hydrogens (tertiary/aromatic N) is 1. The SMILES string of the molecule is CCCN(C1CCNC1)S(=O)(=O)c1ccc(C)cc1C(=O)OC.Cl. The molecule has 1 aromatic rings. The van der Waals surface area contributed by atoms with Crippen molar-refractivity contribution < 1.29 is 17.9 Å². The number of halogens is 1. The maximum absolute atomic E-state index is 13.2. The van der Waals surface area contributed by atoms with Crippen LogP contribution in [0.3, 0.4) is 0 Å². The Morgan fingerprint density at radius 2 is 2.12 bits per heavy atom. The minimum atomic E-state index is -3.76. The number of aryl methyl sites for hydroxylation is 1. The monoisotopic (exact) mass is 376 g/mol. The lowest BCUT2D eigenvalue weighted by Gasteiger charge is -2.28. The molecular formula is C16H25ClN2O4S. The van der Waals surface area contributed by atoms with Crippen LogP contribution in [0.1, 0.15) is 35.7 Å². The lowest BCUT2D eigenvalue weighted by Crippen LogP contribution is -2.42. The van der Waals surface area contributed by atoms with E-state index in [1.807, 2.05) is 13.8 Å². The Morgan fingerprint density at radius 3 is 2.67 bits per heavy atom. The number of hydrogen-bond donors (Lipinski definition) is 1. The summed E-state index contributed by atoms with van der Waals surface area (Å²) in [5, 5.41) is 3.19. The van der Waals surface area contributed by atoms with E-state index in [-0.39, 0.29) is 28.9 Å². The van der Waals surface area contributed by atoms with Crippen molar-refractivity contribution >= 4 is 28.4 Å². The Kier molecular flexibility index (Phi) is 7.66. The fourth-order valence-electron chi connectivity index (χ4n) is 2.87. The van der Waals surface area contributed by atoms with E-state index in [0.29, 0.717) is 13.1 Å². The summed E-state index contributed by atoms with van der Waals surface area (Å²) in [4.78, 5) is 12.0. The molecule has 1 N–H and O–H groups in total. The van der Waals surface area contributed by atoms with Crippen LogP contribution in [-0.4, -0.2) is 51.5 Å². The third kappa shape index (κ3) is 4.27. The highest BCUT2D eigenvalue weighted by Gasteiger charge is 2.35. The highest BCUT2D eigenvalue weighted by Crippen LogP contribution is 2.26. The van der Waals surface area contributed by atoms with E-state index in [9.17, 15) is 13.2 Å². The Labute approximate surface area is 150 Å². The first-order valence-electron chi connectivity index (χ1n) is 7.83. The summed E-state index contributed by atoms with van der Waals surface area (Å²) in [7, 11) is -2.50. The number of sulfonamides is 1. The number of esters is 1. The van der Waals surface area contributed by atoms with Gasteiger partial charge in [0.05, 0.1) is 17.6 Å². The number of ether oxygens (including phenoxy) is 1. The van der Waals surface area contributed by atoms with E-state index in [0.717, 1.165) is 24.9 Å². The van der Waals surface area contributed by atoms with Crippen molar-refractivity contribution in [2.24, 2.45) is 0 Å². The van der Waals surface area contributed by atoms with Gasteiger partial charge in [-0.3, -0.25) is 0 Å². The second-order valence-corrected chi connectivity index (χ2v) is 7.61. The Hall–Kier alpha value is -1.15. The van der Waals surface area contributed by atoms with Gasteiger partial charge in [0.2, 0.25) is 10.0 Å². The molecule has 1 aliphatic rings. The van der Waals surface area contributed by atoms with Gasteiger partial charge < -0.3 is 10.1 Å². The Bertz CT molecular complexity index is 673. The van der Waals surface area contributed by atoms with Gasteiger partial charge in [-0.25, -0.2) is 13.2 Å². The van der Waals surface area contributed by atoms with Crippen molar-refractivity contribution in [3.8, 4) is 0 Å². The molecule has 24 heavy (non-hydrogen) atoms. The largest absolute Gasteiger partial charge is 0.465 e. The van der Waals surface area contributed by atoms with Crippen LogP contribution in [0.5, 0.6) is 0 Å². The molecule has 1 fully saturated rings. The van der Waals surface area contributed by atoms with Crippen molar-refractivity contribution in [3.63, 3.8) is 0 Å². The minimum absolute atomic E-state index is 0. The van der Waals surface area contributed by atoms with Gasteiger partial charge in [-0.1, -0.05) is 18.6 Å². The molecule has 0 aliphatic carbocycles. The molecule has 1 saturated heterocycles. The van der Waals surface area contributed by atoms with Crippen molar-refractivity contribution in [2.45, 2.75) is 37.6 Å². The van der Waals surface area contributed by atoms with Gasteiger partial charge in [0.1, 0.15) is 0 Å². The summed E-state index contributed by atoms with van der Waals surface area (Å²) in [6.07, 6.45) is 1.49. The zero-order valence-electron chi connectivity index (χ0n) is 14.2. The zero-order chi connectivity index (χ0) is 17.0. The Morgan fingerprint density at radius 1 is 1.42 bits per heavy atom. The topological polar surface area (TPSA) is 75.7 Å². The van der Waals surface area contributed by atoms with Crippen molar-refractivity contribution in [1.82, 2.24) is 9.62 Å². The van der Waals surface area contributed by atoms with Crippen molar-refractivity contribution in [2.75, 3.05) is 26.7 Å². The summed E-state index contributed by atoms with van der Waals surface area (Å²) in [5.41, 5.74) is 0.911. The van der Waals surface area contributed by atoms with Crippen molar-refractivity contribution in [1.29, 1.82) is 0 Å². The van der Waals surface area contributed by atoms with Gasteiger partial charge >= 0.3 is 5.97 Å². The summed E-state index contributed by atoms with van der Waals surface area (Å²) >= 11 is 0. The van der Waals surface area contributed by atoms with Crippen LogP contribution in [0, 0.1) is 6.92 Å². The van der Waals surface area contributed by atoms with Gasteiger partial charge in [0, 0.05) is 19.1 Å². The fraction of sp³-hybridized carbons (Fsp3) is 0.562. The average Bonchev–Trinajstić information content (AvgIpc) is 3.05. The number of methoxy groups -OCH3 is 1. The number of carbonyl (C=O) groups excluding carboxylic acids is 1. The van der Waals surface area contributed by atoms with E-state index in [1.54, 1.807) is 12.1 Å². The van der Waals surface area contributed by atoms with Gasteiger partial charge in [0.15, 0.2) is 0 Å². The number of nitrogens with one attached hydrogen (secondary N) is 1. The highest BCUT2D eigenvalue weighted by atomic mass is 35.5. The molecule has 1 atom stereocenters. The molecule has 1 unspecified atom stereocenters. The first-order chi connectivity index (χ1) is 10.9. The normalized spacial score (nSPS) is 17.6. The molecule has 1 heterocycles. The van der Waals surface area contributed by atoms with Gasteiger partial charge in [0.25, 0.3) is 0 Å². The summed E-state index contributed by atoms with van der Waals surface area (Å²) in [5.74, 6) is -0.631. The Balaban J connectivity index is 0.00000288. The number of rotatable bonds is 6. The zero-order valence-corrected chi connectivity index (χ0v) is 15.9. The van der Waals surface area contributed by atoms with E-state index in [2.05, 4.69) is 5.32 Å². The molecule has 0 bridgehead atoms. The molecule has 1 aliphatic heterocycles. The first kappa shape index (κ1) is 20.9. The van der Waals surface area contributed by atoms with Gasteiger partial charge in [-0.2, -0.15) is 4.31 Å². The van der Waals surface area contributed by atoms with E-state index >= 15 is 0 Å². The molecule has 6 nitrogen and oxygen atoms in total. The average molecular weight is 377 g/mol. The predicted molar refractivity (Wildman–Crippen MR) is 95.2 cm³/mol. The lowest BCUT2D eigenvalue weighted by molar-refractivity contribution is 0.0596. The van der Waals surface area contributed by atoms with Crippen LogP contribution < -0.4 is 5.32 Å². The molecule has 136 valence electrons. The molecule has 2 rings (SSSR count). The third-order valence-corrected chi connectivity index (χ3v) is 6.02. The van der Waals surface area contributed by atoms with Crippen LogP contribution in [-0.2, 0) is 14.8 Å². The van der Waals surface area contributed by atoms with Gasteiger partial charge in [-0.05, 0) is 38.4 Å². The lowest BCUT2D eigenvalue weighted by atomic mass is 10.1. The third-order valence-electron chi connectivity index (χ3n) is 4.01. The second-order valence-electron chi connectivity index (χ2n) is 5.75. The van der Waals surface area contributed by atoms with Crippen LogP contribution in [0.15, 0.2) is 23.1 Å². The molecule has 0 saturated carbocycles. The number of hydrogen-bond acceptors (Lipinski definition) is 5. The fourth-order valence-corrected chi connectivity index (χ4v) is 4.78. The van der Waals surface area contributed by atoms with Crippen LogP contribution in [0.4, 0.5) is 0 Å². The van der Waals surface area contributed by atoms with Crippen LogP contribution >= 0.6 is 12.4 Å². The smallest absolute Gasteiger partial charge is 0.339 e. The number of carbonyl (C=O) groups is 1. The highest BCUT2D eigenvalue weighted by molar-refractivity contribution is 7.89. The van der Waals surface area contributed by atoms with E-state index in [1.165, 1.54) is 17.5 Å². The standard InChI is InChI=1S/C16H24N2O4S.ClH/c1-4-9-18(13-7-8-17-11-13)23(20,21)15-6-5-12(2)10-14(15)16(19)22-3;/h5-6,10,13,17H,4,7-9,11H2,1-3H3;1H.